The molecule has 19 heavy (non-hydrogen) atoms. The minimum atomic E-state index is -0.165. The molecule has 2 aromatic rings. The van der Waals surface area contributed by atoms with Crippen LogP contribution in [0.25, 0.3) is 0 Å². The minimum Gasteiger partial charge on any atom is -0.342 e. The van der Waals surface area contributed by atoms with E-state index in [4.69, 9.17) is 11.6 Å². The average molecular weight is 343 g/mol. The SMILES string of the molecule is CCCn1cc(Br)cc1C(=O)Nc1ccnc(Cl)c1. The molecular formula is C13H13BrClN3O. The third kappa shape index (κ3) is 3.58. The highest BCUT2D eigenvalue weighted by molar-refractivity contribution is 9.10. The van der Waals surface area contributed by atoms with Gasteiger partial charge in [0.2, 0.25) is 0 Å². The lowest BCUT2D eigenvalue weighted by Gasteiger charge is -2.08. The molecule has 0 unspecified atom stereocenters. The van der Waals surface area contributed by atoms with Gasteiger partial charge in [-0.3, -0.25) is 4.79 Å². The maximum Gasteiger partial charge on any atom is 0.272 e. The van der Waals surface area contributed by atoms with E-state index in [2.05, 4.69) is 33.2 Å². The Morgan fingerprint density at radius 2 is 2.32 bits per heavy atom. The number of carbonyl (C=O) groups excluding carboxylic acids is 1. The molecule has 100 valence electrons. The van der Waals surface area contributed by atoms with Gasteiger partial charge in [0.1, 0.15) is 10.8 Å². The van der Waals surface area contributed by atoms with Gasteiger partial charge in [-0.1, -0.05) is 18.5 Å². The van der Waals surface area contributed by atoms with Gasteiger partial charge in [-0.2, -0.15) is 0 Å². The maximum absolute atomic E-state index is 12.2. The highest BCUT2D eigenvalue weighted by atomic mass is 79.9. The number of pyridine rings is 1. The summed E-state index contributed by atoms with van der Waals surface area (Å²) in [5, 5.41) is 3.16. The Kier molecular flexibility index (Phi) is 4.61. The zero-order valence-corrected chi connectivity index (χ0v) is 12.7. The van der Waals surface area contributed by atoms with Gasteiger partial charge < -0.3 is 9.88 Å². The number of aryl methyl sites for hydroxylation is 1. The first kappa shape index (κ1) is 14.1. The number of amides is 1. The highest BCUT2D eigenvalue weighted by Crippen LogP contribution is 2.18. The molecule has 6 heteroatoms. The smallest absolute Gasteiger partial charge is 0.272 e. The normalized spacial score (nSPS) is 10.5. The summed E-state index contributed by atoms with van der Waals surface area (Å²) in [4.78, 5) is 16.1. The van der Waals surface area contributed by atoms with E-state index in [-0.39, 0.29) is 5.91 Å². The molecule has 0 bridgehead atoms. The van der Waals surface area contributed by atoms with Crippen LogP contribution in [0, 0.1) is 0 Å². The first-order chi connectivity index (χ1) is 9.10. The molecule has 0 radical (unpaired) electrons. The number of nitrogens with one attached hydrogen (secondary N) is 1. The molecule has 0 fully saturated rings. The molecular weight excluding hydrogens is 330 g/mol. The molecule has 0 saturated carbocycles. The number of aromatic nitrogens is 2. The Labute approximate surface area is 124 Å². The van der Waals surface area contributed by atoms with Crippen molar-refractivity contribution in [3.05, 3.63) is 45.9 Å². The van der Waals surface area contributed by atoms with E-state index in [1.165, 1.54) is 0 Å². The lowest BCUT2D eigenvalue weighted by Crippen LogP contribution is -2.16. The van der Waals surface area contributed by atoms with Crippen molar-refractivity contribution in [3.8, 4) is 0 Å². The molecule has 0 saturated heterocycles. The number of anilines is 1. The highest BCUT2D eigenvalue weighted by Gasteiger charge is 2.13. The van der Waals surface area contributed by atoms with Crippen LogP contribution in [0.4, 0.5) is 5.69 Å². The zero-order chi connectivity index (χ0) is 13.8. The molecule has 0 aliphatic heterocycles. The third-order valence-electron chi connectivity index (χ3n) is 2.54. The van der Waals surface area contributed by atoms with Crippen molar-refractivity contribution < 1.29 is 4.79 Å². The van der Waals surface area contributed by atoms with Gasteiger partial charge in [0, 0.05) is 29.1 Å². The predicted octanol–water partition coefficient (Wildman–Crippen LogP) is 3.96. The Hall–Kier alpha value is -1.33. The molecule has 0 atom stereocenters. The van der Waals surface area contributed by atoms with Gasteiger partial charge in [-0.05, 0) is 40.5 Å². The maximum atomic E-state index is 12.2. The molecule has 2 rings (SSSR count). The molecule has 0 aliphatic rings. The average Bonchev–Trinajstić information content (AvgIpc) is 2.71. The first-order valence-electron chi connectivity index (χ1n) is 5.88. The van der Waals surface area contributed by atoms with Crippen molar-refractivity contribution in [1.82, 2.24) is 9.55 Å². The minimum absolute atomic E-state index is 0.165. The van der Waals surface area contributed by atoms with Gasteiger partial charge >= 0.3 is 0 Å². The molecule has 4 nitrogen and oxygen atoms in total. The van der Waals surface area contributed by atoms with Crippen LogP contribution < -0.4 is 5.32 Å². The van der Waals surface area contributed by atoms with E-state index in [9.17, 15) is 4.79 Å². The van der Waals surface area contributed by atoms with Crippen LogP contribution in [0.5, 0.6) is 0 Å². The molecule has 1 N–H and O–H groups in total. The van der Waals surface area contributed by atoms with E-state index < -0.39 is 0 Å². The number of halogens is 2. The van der Waals surface area contributed by atoms with Crippen molar-refractivity contribution >= 4 is 39.1 Å². The van der Waals surface area contributed by atoms with Crippen LogP contribution in [-0.2, 0) is 6.54 Å². The van der Waals surface area contributed by atoms with Gasteiger partial charge in [-0.15, -0.1) is 0 Å². The van der Waals surface area contributed by atoms with E-state index in [1.807, 2.05) is 10.8 Å². The van der Waals surface area contributed by atoms with Gasteiger partial charge in [0.25, 0.3) is 5.91 Å². The fourth-order valence-corrected chi connectivity index (χ4v) is 2.40. The summed E-state index contributed by atoms with van der Waals surface area (Å²) in [6, 6.07) is 5.11. The van der Waals surface area contributed by atoms with E-state index in [1.54, 1.807) is 24.4 Å². The summed E-state index contributed by atoms with van der Waals surface area (Å²) < 4.78 is 2.81. The van der Waals surface area contributed by atoms with Crippen molar-refractivity contribution in [2.45, 2.75) is 19.9 Å². The van der Waals surface area contributed by atoms with Crippen LogP contribution in [0.15, 0.2) is 35.1 Å². The van der Waals surface area contributed by atoms with E-state index in [0.717, 1.165) is 17.4 Å². The predicted molar refractivity (Wildman–Crippen MR) is 79.6 cm³/mol. The summed E-state index contributed by atoms with van der Waals surface area (Å²) >= 11 is 9.17. The van der Waals surface area contributed by atoms with Gasteiger partial charge in [0.05, 0.1) is 0 Å². The lowest BCUT2D eigenvalue weighted by atomic mass is 10.3. The van der Waals surface area contributed by atoms with Crippen molar-refractivity contribution in [1.29, 1.82) is 0 Å². The van der Waals surface area contributed by atoms with Gasteiger partial charge in [-0.25, -0.2) is 4.98 Å². The fourth-order valence-electron chi connectivity index (χ4n) is 1.77. The lowest BCUT2D eigenvalue weighted by molar-refractivity contribution is 0.101. The molecule has 0 spiro atoms. The molecule has 1 amide bonds. The van der Waals surface area contributed by atoms with Crippen LogP contribution in [0.1, 0.15) is 23.8 Å². The number of rotatable bonds is 4. The second-order valence-electron chi connectivity index (χ2n) is 4.06. The van der Waals surface area contributed by atoms with Crippen LogP contribution in [0.3, 0.4) is 0 Å². The molecule has 0 aromatic carbocycles. The number of hydrogen-bond donors (Lipinski definition) is 1. The number of carbonyl (C=O) groups is 1. The largest absolute Gasteiger partial charge is 0.342 e. The quantitative estimate of drug-likeness (QED) is 0.855. The Balaban J connectivity index is 2.20. The van der Waals surface area contributed by atoms with Crippen molar-refractivity contribution in [2.75, 3.05) is 5.32 Å². The van der Waals surface area contributed by atoms with Gasteiger partial charge in [0.15, 0.2) is 0 Å². The second kappa shape index (κ2) is 6.21. The third-order valence-corrected chi connectivity index (χ3v) is 3.19. The summed E-state index contributed by atoms with van der Waals surface area (Å²) in [7, 11) is 0. The standard InChI is InChI=1S/C13H13BrClN3O/c1-2-5-18-8-9(14)6-11(18)13(19)17-10-3-4-16-12(15)7-10/h3-4,6-8H,2,5H2,1H3,(H,16,17,19). The number of hydrogen-bond acceptors (Lipinski definition) is 2. The monoisotopic (exact) mass is 341 g/mol. The Bertz CT molecular complexity index is 597. The first-order valence-corrected chi connectivity index (χ1v) is 7.06. The van der Waals surface area contributed by atoms with Crippen molar-refractivity contribution in [2.24, 2.45) is 0 Å². The summed E-state index contributed by atoms with van der Waals surface area (Å²) in [5.74, 6) is -0.165. The van der Waals surface area contributed by atoms with Crippen molar-refractivity contribution in [3.63, 3.8) is 0 Å². The molecule has 2 aromatic heterocycles. The summed E-state index contributed by atoms with van der Waals surface area (Å²) in [5.41, 5.74) is 1.24. The van der Waals surface area contributed by atoms with Crippen LogP contribution in [-0.4, -0.2) is 15.5 Å². The summed E-state index contributed by atoms with van der Waals surface area (Å²) in [6.45, 7) is 2.86. The Morgan fingerprint density at radius 1 is 1.53 bits per heavy atom. The number of nitrogens with zero attached hydrogens (tertiary/aromatic N) is 2. The molecule has 2 heterocycles. The second-order valence-corrected chi connectivity index (χ2v) is 5.36. The zero-order valence-electron chi connectivity index (χ0n) is 10.4. The van der Waals surface area contributed by atoms with Crippen LogP contribution >= 0.6 is 27.5 Å². The topological polar surface area (TPSA) is 46.9 Å². The summed E-state index contributed by atoms with van der Waals surface area (Å²) in [6.07, 6.45) is 4.42. The van der Waals surface area contributed by atoms with Crippen LogP contribution in [0.2, 0.25) is 5.15 Å². The molecule has 0 aliphatic carbocycles. The van der Waals surface area contributed by atoms with E-state index >= 15 is 0 Å². The Morgan fingerprint density at radius 3 is 3.00 bits per heavy atom. The fraction of sp³-hybridized carbons (Fsp3) is 0.231. The van der Waals surface area contributed by atoms with E-state index in [0.29, 0.717) is 16.5 Å².